The summed E-state index contributed by atoms with van der Waals surface area (Å²) in [4.78, 5) is 12.6. The van der Waals surface area contributed by atoms with Gasteiger partial charge in [-0.3, -0.25) is 0 Å². The highest BCUT2D eigenvalue weighted by Crippen LogP contribution is 2.28. The summed E-state index contributed by atoms with van der Waals surface area (Å²) >= 11 is 5.83. The van der Waals surface area contributed by atoms with E-state index in [9.17, 15) is 0 Å². The second-order valence-electron chi connectivity index (χ2n) is 5.45. The van der Waals surface area contributed by atoms with Crippen molar-refractivity contribution >= 4 is 34.7 Å². The van der Waals surface area contributed by atoms with E-state index in [1.165, 1.54) is 25.6 Å². The van der Waals surface area contributed by atoms with Crippen LogP contribution < -0.4 is 16.4 Å². The minimum Gasteiger partial charge on any atom is -0.393 e. The largest absolute Gasteiger partial charge is 0.393 e. The molecule has 6 nitrogen and oxygen atoms in total. The van der Waals surface area contributed by atoms with Gasteiger partial charge in [-0.1, -0.05) is 30.9 Å². The summed E-state index contributed by atoms with van der Waals surface area (Å²) in [5.74, 6) is 1.86. The molecule has 2 aromatic rings. The molecule has 1 aliphatic rings. The lowest BCUT2D eigenvalue weighted by molar-refractivity contribution is 0.462. The number of nitrogens with two attached hydrogens (primary N) is 1. The Balaban J connectivity index is 1.74. The molecule has 22 heavy (non-hydrogen) atoms. The van der Waals surface area contributed by atoms with Crippen molar-refractivity contribution < 1.29 is 0 Å². The van der Waals surface area contributed by atoms with Gasteiger partial charge in [0, 0.05) is 12.2 Å². The summed E-state index contributed by atoms with van der Waals surface area (Å²) in [7, 11) is 0. The molecule has 2 aromatic heterocycles. The maximum Gasteiger partial charge on any atom is 0.160 e. The number of nitrogens with zero attached hydrogens (tertiary/aromatic N) is 3. The van der Waals surface area contributed by atoms with E-state index >= 15 is 0 Å². The predicted molar refractivity (Wildman–Crippen MR) is 89.5 cm³/mol. The first-order valence-electron chi connectivity index (χ1n) is 7.48. The molecule has 0 bridgehead atoms. The molecule has 7 heteroatoms. The molecular formula is C15H19ClN6. The van der Waals surface area contributed by atoms with Crippen LogP contribution in [0.4, 0.5) is 23.1 Å². The average molecular weight is 319 g/mol. The number of nitrogens with one attached hydrogen (secondary N) is 2. The molecule has 0 saturated heterocycles. The van der Waals surface area contributed by atoms with Crippen LogP contribution in [0.2, 0.25) is 5.02 Å². The normalized spacial score (nSPS) is 15.5. The van der Waals surface area contributed by atoms with E-state index in [2.05, 4.69) is 25.6 Å². The Hall–Kier alpha value is -2.08. The van der Waals surface area contributed by atoms with Crippen molar-refractivity contribution in [2.75, 3.05) is 16.4 Å². The van der Waals surface area contributed by atoms with Crippen molar-refractivity contribution in [1.82, 2.24) is 15.0 Å². The first-order chi connectivity index (χ1) is 10.7. The highest BCUT2D eigenvalue weighted by Gasteiger charge is 2.16. The fraction of sp³-hybridized carbons (Fsp3) is 0.400. The minimum atomic E-state index is 0.437. The number of aromatic nitrogens is 3. The molecule has 0 aliphatic heterocycles. The lowest BCUT2D eigenvalue weighted by Gasteiger charge is -2.24. The van der Waals surface area contributed by atoms with Gasteiger partial charge in [0.1, 0.15) is 17.8 Å². The lowest BCUT2D eigenvalue weighted by Crippen LogP contribution is -2.23. The van der Waals surface area contributed by atoms with E-state index < -0.39 is 0 Å². The zero-order valence-corrected chi connectivity index (χ0v) is 13.0. The first-order valence-corrected chi connectivity index (χ1v) is 7.86. The number of halogens is 1. The van der Waals surface area contributed by atoms with Crippen molar-refractivity contribution in [1.29, 1.82) is 0 Å². The third-order valence-electron chi connectivity index (χ3n) is 3.80. The number of anilines is 4. The fourth-order valence-electron chi connectivity index (χ4n) is 2.62. The number of pyridine rings is 1. The van der Waals surface area contributed by atoms with Crippen LogP contribution in [0.15, 0.2) is 24.7 Å². The molecule has 0 amide bonds. The molecule has 0 atom stereocenters. The Morgan fingerprint density at radius 3 is 2.55 bits per heavy atom. The Morgan fingerprint density at radius 1 is 1.05 bits per heavy atom. The minimum absolute atomic E-state index is 0.437. The van der Waals surface area contributed by atoms with Crippen LogP contribution in [-0.2, 0) is 0 Å². The van der Waals surface area contributed by atoms with Gasteiger partial charge in [0.05, 0.1) is 5.02 Å². The molecule has 0 unspecified atom stereocenters. The SMILES string of the molecule is Nc1c(Nc2ccc(Cl)cn2)ncnc1NC1CCCCC1. The Morgan fingerprint density at radius 2 is 1.82 bits per heavy atom. The number of hydrogen-bond donors (Lipinski definition) is 3. The van der Waals surface area contributed by atoms with Gasteiger partial charge in [0.2, 0.25) is 0 Å². The van der Waals surface area contributed by atoms with E-state index in [0.717, 1.165) is 12.8 Å². The molecule has 0 aromatic carbocycles. The van der Waals surface area contributed by atoms with Gasteiger partial charge in [-0.05, 0) is 25.0 Å². The quantitative estimate of drug-likeness (QED) is 0.798. The van der Waals surface area contributed by atoms with E-state index in [-0.39, 0.29) is 0 Å². The summed E-state index contributed by atoms with van der Waals surface area (Å²) in [6.07, 6.45) is 9.20. The molecule has 1 fully saturated rings. The van der Waals surface area contributed by atoms with Crippen LogP contribution in [0.5, 0.6) is 0 Å². The van der Waals surface area contributed by atoms with E-state index in [1.807, 2.05) is 0 Å². The molecule has 1 saturated carbocycles. The standard InChI is InChI=1S/C15H19ClN6/c16-10-6-7-12(18-8-10)22-15-13(17)14(19-9-20-15)21-11-4-2-1-3-5-11/h6-9,11H,1-5,17H2,(H2,18,19,20,21,22). The lowest BCUT2D eigenvalue weighted by atomic mass is 9.95. The monoisotopic (exact) mass is 318 g/mol. The molecule has 1 aliphatic carbocycles. The van der Waals surface area contributed by atoms with Crippen molar-refractivity contribution in [3.63, 3.8) is 0 Å². The second kappa shape index (κ2) is 6.79. The van der Waals surface area contributed by atoms with Crippen LogP contribution in [0.3, 0.4) is 0 Å². The van der Waals surface area contributed by atoms with Gasteiger partial charge in [-0.25, -0.2) is 15.0 Å². The van der Waals surface area contributed by atoms with Crippen LogP contribution in [0.1, 0.15) is 32.1 Å². The van der Waals surface area contributed by atoms with Gasteiger partial charge < -0.3 is 16.4 Å². The van der Waals surface area contributed by atoms with Crippen LogP contribution in [0.25, 0.3) is 0 Å². The average Bonchev–Trinajstić information content (AvgIpc) is 2.54. The first kappa shape index (κ1) is 14.8. The number of rotatable bonds is 4. The van der Waals surface area contributed by atoms with Gasteiger partial charge >= 0.3 is 0 Å². The van der Waals surface area contributed by atoms with Gasteiger partial charge in [-0.2, -0.15) is 0 Å². The van der Waals surface area contributed by atoms with Crippen molar-refractivity contribution in [2.24, 2.45) is 0 Å². The van der Waals surface area contributed by atoms with Crippen LogP contribution >= 0.6 is 11.6 Å². The Bertz CT molecular complexity index is 624. The van der Waals surface area contributed by atoms with Gasteiger partial charge in [-0.15, -0.1) is 0 Å². The second-order valence-corrected chi connectivity index (χ2v) is 5.89. The Labute approximate surface area is 134 Å². The van der Waals surface area contributed by atoms with Gasteiger partial charge in [0.15, 0.2) is 11.6 Å². The summed E-state index contributed by atoms with van der Waals surface area (Å²) in [6, 6.07) is 3.97. The number of nitrogen functional groups attached to an aromatic ring is 1. The maximum absolute atomic E-state index is 6.17. The molecule has 0 spiro atoms. The van der Waals surface area contributed by atoms with E-state index in [1.54, 1.807) is 18.3 Å². The molecule has 116 valence electrons. The van der Waals surface area contributed by atoms with Crippen LogP contribution in [0, 0.1) is 0 Å². The summed E-state index contributed by atoms with van der Waals surface area (Å²) in [5, 5.41) is 7.10. The molecular weight excluding hydrogens is 300 g/mol. The topological polar surface area (TPSA) is 88.8 Å². The zero-order valence-electron chi connectivity index (χ0n) is 12.2. The molecule has 0 radical (unpaired) electrons. The molecule has 3 rings (SSSR count). The van der Waals surface area contributed by atoms with E-state index in [0.29, 0.717) is 34.2 Å². The fourth-order valence-corrected chi connectivity index (χ4v) is 2.73. The van der Waals surface area contributed by atoms with Crippen molar-refractivity contribution in [3.05, 3.63) is 29.7 Å². The highest BCUT2D eigenvalue weighted by molar-refractivity contribution is 6.30. The summed E-state index contributed by atoms with van der Waals surface area (Å²) < 4.78 is 0. The number of hydrogen-bond acceptors (Lipinski definition) is 6. The summed E-state index contributed by atoms with van der Waals surface area (Å²) in [6.45, 7) is 0. The summed E-state index contributed by atoms with van der Waals surface area (Å²) in [5.41, 5.74) is 6.68. The highest BCUT2D eigenvalue weighted by atomic mass is 35.5. The molecule has 2 heterocycles. The third-order valence-corrected chi connectivity index (χ3v) is 4.03. The molecule has 4 N–H and O–H groups in total. The Kier molecular flexibility index (Phi) is 4.58. The predicted octanol–water partition coefficient (Wildman–Crippen LogP) is 3.60. The van der Waals surface area contributed by atoms with Crippen LogP contribution in [-0.4, -0.2) is 21.0 Å². The van der Waals surface area contributed by atoms with Crippen molar-refractivity contribution in [2.45, 2.75) is 38.1 Å². The zero-order chi connectivity index (χ0) is 15.4. The maximum atomic E-state index is 6.17. The van der Waals surface area contributed by atoms with Gasteiger partial charge in [0.25, 0.3) is 0 Å². The van der Waals surface area contributed by atoms with E-state index in [4.69, 9.17) is 17.3 Å². The smallest absolute Gasteiger partial charge is 0.160 e. The third kappa shape index (κ3) is 3.57. The van der Waals surface area contributed by atoms with Crippen molar-refractivity contribution in [3.8, 4) is 0 Å².